The van der Waals surface area contributed by atoms with Crippen molar-refractivity contribution in [2.75, 3.05) is 5.75 Å². The number of rotatable bonds is 2. The van der Waals surface area contributed by atoms with Crippen molar-refractivity contribution < 1.29 is 18.3 Å². The molecular weight excluding hydrogens is 270 g/mol. The Hall–Kier alpha value is -1.96. The molecule has 1 fully saturated rings. The molecule has 3 rings (SSSR count). The molecule has 0 amide bonds. The van der Waals surface area contributed by atoms with Crippen LogP contribution in [0.1, 0.15) is 34.3 Å². The second kappa shape index (κ2) is 4.02. The van der Waals surface area contributed by atoms with E-state index in [4.69, 9.17) is 5.11 Å². The molecule has 0 radical (unpaired) electrons. The number of aromatic carboxylic acids is 1. The van der Waals surface area contributed by atoms with Gasteiger partial charge in [0.05, 0.1) is 11.3 Å². The second-order valence-corrected chi connectivity index (χ2v) is 6.81. The molecule has 0 spiro atoms. The monoisotopic (exact) mass is 281 g/mol. The average Bonchev–Trinajstić information content (AvgIpc) is 2.90. The van der Waals surface area contributed by atoms with E-state index in [-0.39, 0.29) is 11.3 Å². The third-order valence-corrected chi connectivity index (χ3v) is 5.46. The highest BCUT2D eigenvalue weighted by Crippen LogP contribution is 2.33. The third kappa shape index (κ3) is 1.88. The highest BCUT2D eigenvalue weighted by atomic mass is 32.2. The van der Waals surface area contributed by atoms with E-state index in [2.05, 4.69) is 10.2 Å². The van der Waals surface area contributed by atoms with Crippen LogP contribution in [-0.2, 0) is 9.84 Å². The standard InChI is InChI=1S/C11H11N3O4S/c15-11(16)7-3-4-9-12-13-10(14(9)6-7)8-2-1-5-19(8,17)18/h3-4,6,8H,1-2,5H2,(H,15,16). The number of hydrogen-bond acceptors (Lipinski definition) is 5. The summed E-state index contributed by atoms with van der Waals surface area (Å²) in [6.07, 6.45) is 2.46. The van der Waals surface area contributed by atoms with Crippen molar-refractivity contribution in [1.82, 2.24) is 14.6 Å². The normalized spacial score (nSPS) is 21.8. The summed E-state index contributed by atoms with van der Waals surface area (Å²) in [6.45, 7) is 0. The number of carboxylic acids is 1. The van der Waals surface area contributed by atoms with Gasteiger partial charge in [-0.2, -0.15) is 0 Å². The molecule has 0 bridgehead atoms. The van der Waals surface area contributed by atoms with Crippen LogP contribution in [0.3, 0.4) is 0 Å². The number of aromatic nitrogens is 3. The molecule has 2 aromatic rings. The third-order valence-electron chi connectivity index (χ3n) is 3.29. The van der Waals surface area contributed by atoms with E-state index >= 15 is 0 Å². The maximum absolute atomic E-state index is 11.9. The summed E-state index contributed by atoms with van der Waals surface area (Å²) in [5.41, 5.74) is 0.519. The Morgan fingerprint density at radius 2 is 2.16 bits per heavy atom. The summed E-state index contributed by atoms with van der Waals surface area (Å²) >= 11 is 0. The predicted octanol–water partition coefficient (Wildman–Crippen LogP) is 0.677. The van der Waals surface area contributed by atoms with Gasteiger partial charge in [0.25, 0.3) is 0 Å². The topological polar surface area (TPSA) is 102 Å². The number of nitrogens with zero attached hydrogens (tertiary/aromatic N) is 3. The predicted molar refractivity (Wildman–Crippen MR) is 65.7 cm³/mol. The van der Waals surface area contributed by atoms with Crippen molar-refractivity contribution in [3.8, 4) is 0 Å². The van der Waals surface area contributed by atoms with E-state index < -0.39 is 21.1 Å². The lowest BCUT2D eigenvalue weighted by molar-refractivity contribution is 0.0696. The van der Waals surface area contributed by atoms with E-state index in [1.165, 1.54) is 22.7 Å². The zero-order valence-electron chi connectivity index (χ0n) is 9.85. The van der Waals surface area contributed by atoms with Crippen molar-refractivity contribution >= 4 is 21.5 Å². The summed E-state index contributed by atoms with van der Waals surface area (Å²) in [7, 11) is -3.21. The Morgan fingerprint density at radius 1 is 1.37 bits per heavy atom. The molecule has 0 aromatic carbocycles. The lowest BCUT2D eigenvalue weighted by Crippen LogP contribution is -2.12. The fourth-order valence-electron chi connectivity index (χ4n) is 2.34. The molecule has 3 heterocycles. The highest BCUT2D eigenvalue weighted by Gasteiger charge is 2.36. The van der Waals surface area contributed by atoms with Gasteiger partial charge in [0.2, 0.25) is 0 Å². The number of fused-ring (bicyclic) bond motifs is 1. The lowest BCUT2D eigenvalue weighted by atomic mass is 10.2. The molecule has 8 heteroatoms. The quantitative estimate of drug-likeness (QED) is 0.868. The van der Waals surface area contributed by atoms with Gasteiger partial charge in [-0.05, 0) is 25.0 Å². The summed E-state index contributed by atoms with van der Waals surface area (Å²) in [5, 5.41) is 16.1. The van der Waals surface area contributed by atoms with Crippen LogP contribution in [0.2, 0.25) is 0 Å². The molecule has 2 aromatic heterocycles. The van der Waals surface area contributed by atoms with Crippen LogP contribution in [0, 0.1) is 0 Å². The summed E-state index contributed by atoms with van der Waals surface area (Å²) < 4.78 is 25.3. The van der Waals surface area contributed by atoms with Crippen molar-refractivity contribution in [1.29, 1.82) is 0 Å². The van der Waals surface area contributed by atoms with Gasteiger partial charge in [-0.1, -0.05) is 0 Å². The van der Waals surface area contributed by atoms with Crippen LogP contribution in [0.25, 0.3) is 5.65 Å². The SMILES string of the molecule is O=C(O)c1ccc2nnc(C3CCCS3(=O)=O)n2c1. The minimum atomic E-state index is -3.21. The van der Waals surface area contributed by atoms with Crippen molar-refractivity contribution in [3.05, 3.63) is 29.7 Å². The van der Waals surface area contributed by atoms with E-state index in [0.29, 0.717) is 24.3 Å². The Morgan fingerprint density at radius 3 is 2.79 bits per heavy atom. The Bertz CT molecular complexity index is 765. The van der Waals surface area contributed by atoms with Crippen molar-refractivity contribution in [2.24, 2.45) is 0 Å². The Kier molecular flexibility index (Phi) is 2.56. The fraction of sp³-hybridized carbons (Fsp3) is 0.364. The molecule has 1 aliphatic heterocycles. The first kappa shape index (κ1) is 12.1. The summed E-state index contributed by atoms with van der Waals surface area (Å²) in [5.74, 6) is -0.628. The van der Waals surface area contributed by atoms with Gasteiger partial charge in [0.15, 0.2) is 21.3 Å². The molecule has 100 valence electrons. The molecule has 1 N–H and O–H groups in total. The molecule has 19 heavy (non-hydrogen) atoms. The number of pyridine rings is 1. The van der Waals surface area contributed by atoms with Crippen LogP contribution < -0.4 is 0 Å². The summed E-state index contributed by atoms with van der Waals surface area (Å²) in [6, 6.07) is 2.93. The number of hydrogen-bond donors (Lipinski definition) is 1. The van der Waals surface area contributed by atoms with Crippen LogP contribution in [0.15, 0.2) is 18.3 Å². The van der Waals surface area contributed by atoms with Gasteiger partial charge in [-0.15, -0.1) is 10.2 Å². The second-order valence-electron chi connectivity index (χ2n) is 4.51. The zero-order chi connectivity index (χ0) is 13.6. The van der Waals surface area contributed by atoms with Gasteiger partial charge in [-0.3, -0.25) is 4.40 Å². The van der Waals surface area contributed by atoms with Gasteiger partial charge in [-0.25, -0.2) is 13.2 Å². The Balaban J connectivity index is 2.19. The fourth-order valence-corrected chi connectivity index (χ4v) is 4.20. The van der Waals surface area contributed by atoms with Crippen molar-refractivity contribution in [2.45, 2.75) is 18.1 Å². The van der Waals surface area contributed by atoms with Gasteiger partial charge < -0.3 is 5.11 Å². The largest absolute Gasteiger partial charge is 0.478 e. The molecule has 1 saturated heterocycles. The molecule has 7 nitrogen and oxygen atoms in total. The average molecular weight is 281 g/mol. The Labute approximate surface area is 108 Å². The molecule has 1 atom stereocenters. The molecule has 1 aliphatic rings. The minimum Gasteiger partial charge on any atom is -0.478 e. The number of sulfone groups is 1. The van der Waals surface area contributed by atoms with Gasteiger partial charge >= 0.3 is 5.97 Å². The number of carbonyl (C=O) groups is 1. The molecule has 1 unspecified atom stereocenters. The van der Waals surface area contributed by atoms with E-state index in [9.17, 15) is 13.2 Å². The highest BCUT2D eigenvalue weighted by molar-refractivity contribution is 7.91. The van der Waals surface area contributed by atoms with Crippen LogP contribution in [0.4, 0.5) is 0 Å². The first-order valence-corrected chi connectivity index (χ1v) is 7.50. The van der Waals surface area contributed by atoms with E-state index in [0.717, 1.165) is 0 Å². The van der Waals surface area contributed by atoms with Gasteiger partial charge in [0, 0.05) is 6.20 Å². The zero-order valence-corrected chi connectivity index (χ0v) is 10.7. The van der Waals surface area contributed by atoms with Crippen LogP contribution in [-0.4, -0.2) is 39.8 Å². The van der Waals surface area contributed by atoms with Crippen LogP contribution >= 0.6 is 0 Å². The van der Waals surface area contributed by atoms with Crippen LogP contribution in [0.5, 0.6) is 0 Å². The van der Waals surface area contributed by atoms with Gasteiger partial charge in [0.1, 0.15) is 5.25 Å². The lowest BCUT2D eigenvalue weighted by Gasteiger charge is -2.07. The maximum atomic E-state index is 11.9. The van der Waals surface area contributed by atoms with E-state index in [1.54, 1.807) is 0 Å². The smallest absolute Gasteiger partial charge is 0.337 e. The summed E-state index contributed by atoms with van der Waals surface area (Å²) in [4.78, 5) is 11.0. The molecular formula is C11H11N3O4S. The molecule has 0 aliphatic carbocycles. The minimum absolute atomic E-state index is 0.0731. The molecule has 0 saturated carbocycles. The maximum Gasteiger partial charge on any atom is 0.337 e. The number of carboxylic acid groups (broad SMARTS) is 1. The first-order chi connectivity index (χ1) is 8.99. The van der Waals surface area contributed by atoms with Crippen molar-refractivity contribution in [3.63, 3.8) is 0 Å². The van der Waals surface area contributed by atoms with E-state index in [1.807, 2.05) is 0 Å². The first-order valence-electron chi connectivity index (χ1n) is 5.78.